The summed E-state index contributed by atoms with van der Waals surface area (Å²) in [5.41, 5.74) is -1.73. The number of carbonyl (C=O) groups is 5. The number of thiazole rings is 1. The third-order valence-electron chi connectivity index (χ3n) is 9.58. The van der Waals surface area contributed by atoms with Crippen LogP contribution in [0.25, 0.3) is 0 Å². The lowest BCUT2D eigenvalue weighted by Crippen LogP contribution is -2.73. The van der Waals surface area contributed by atoms with E-state index in [4.69, 9.17) is 19.0 Å². The molecule has 2 atom stereocenters. The highest BCUT2D eigenvalue weighted by Gasteiger charge is 2.57. The Morgan fingerprint density at radius 2 is 1.49 bits per heavy atom. The summed E-state index contributed by atoms with van der Waals surface area (Å²) in [6.07, 6.45) is -1.88. The molecule has 2 fully saturated rings. The normalized spacial score (nSPS) is 18.3. The van der Waals surface area contributed by atoms with Gasteiger partial charge in [0.15, 0.2) is 16.9 Å². The summed E-state index contributed by atoms with van der Waals surface area (Å²) in [6, 6.07) is 15.1. The summed E-state index contributed by atoms with van der Waals surface area (Å²) < 4.78 is 51.7. The van der Waals surface area contributed by atoms with Gasteiger partial charge in [0.05, 0.1) is 19.6 Å². The van der Waals surface area contributed by atoms with Gasteiger partial charge in [-0.1, -0.05) is 65.8 Å². The van der Waals surface area contributed by atoms with Crippen LogP contribution < -0.4 is 10.6 Å². The maximum atomic E-state index is 14.2. The van der Waals surface area contributed by atoms with Gasteiger partial charge < -0.3 is 24.4 Å². The number of nitrogens with one attached hydrogen (secondary N) is 2. The van der Waals surface area contributed by atoms with E-state index >= 15 is 0 Å². The Hall–Kier alpha value is -6.46. The summed E-state index contributed by atoms with van der Waals surface area (Å²) in [5.74, 6) is -3.05. The van der Waals surface area contributed by atoms with Gasteiger partial charge in [0.2, 0.25) is 5.60 Å². The zero-order valence-corrected chi connectivity index (χ0v) is 36.6. The van der Waals surface area contributed by atoms with Crippen molar-refractivity contribution in [3.63, 3.8) is 0 Å². The highest BCUT2D eigenvalue weighted by atomic mass is 32.2. The van der Waals surface area contributed by atoms with Crippen LogP contribution in [0.4, 0.5) is 14.7 Å². The summed E-state index contributed by atoms with van der Waals surface area (Å²) in [4.78, 5) is 79.1. The molecule has 2 aliphatic heterocycles. The van der Waals surface area contributed by atoms with Crippen molar-refractivity contribution in [2.45, 2.75) is 109 Å². The fourth-order valence-corrected chi connectivity index (χ4v) is 8.10. The molecule has 23 heteroatoms. The number of rotatable bonds is 13. The number of hydrogen-bond donors (Lipinski definition) is 3. The number of nitrogens with zero attached hydrogens (tertiary/aromatic N) is 7. The van der Waals surface area contributed by atoms with Crippen LogP contribution in [0, 0.1) is 0 Å². The van der Waals surface area contributed by atoms with Gasteiger partial charge in [-0.3, -0.25) is 24.4 Å². The van der Waals surface area contributed by atoms with Gasteiger partial charge in [-0.15, -0.1) is 11.3 Å². The van der Waals surface area contributed by atoms with Crippen LogP contribution in [0.3, 0.4) is 0 Å². The fourth-order valence-electron chi connectivity index (χ4n) is 6.55. The van der Waals surface area contributed by atoms with Gasteiger partial charge in [0.1, 0.15) is 40.4 Å². The molecule has 21 nitrogen and oxygen atoms in total. The first-order chi connectivity index (χ1) is 29.6. The van der Waals surface area contributed by atoms with Gasteiger partial charge in [-0.25, -0.2) is 23.7 Å². The lowest BCUT2D eigenvalue weighted by Gasteiger charge is -2.43. The Morgan fingerprint density at radius 1 is 0.921 bits per heavy atom. The zero-order valence-electron chi connectivity index (χ0n) is 35.0. The molecule has 0 unspecified atom stereocenters. The average molecular weight is 908 g/mol. The van der Waals surface area contributed by atoms with Gasteiger partial charge in [-0.2, -0.15) is 23.4 Å². The van der Waals surface area contributed by atoms with Gasteiger partial charge >= 0.3 is 28.5 Å². The lowest BCUT2D eigenvalue weighted by molar-refractivity contribution is -0.164. The molecule has 0 spiro atoms. The molecule has 3 N–H and O–H groups in total. The van der Waals surface area contributed by atoms with Crippen LogP contribution in [0.1, 0.15) is 88.7 Å². The number of aromatic nitrogens is 4. The number of hydrogen-bond acceptors (Lipinski definition) is 16. The molecule has 1 saturated heterocycles. The Labute approximate surface area is 365 Å². The number of amides is 4. The molecule has 0 bridgehead atoms. The predicted molar refractivity (Wildman–Crippen MR) is 222 cm³/mol. The summed E-state index contributed by atoms with van der Waals surface area (Å²) in [5, 5.41) is 19.1. The third kappa shape index (κ3) is 10.4. The molecule has 334 valence electrons. The van der Waals surface area contributed by atoms with E-state index in [1.807, 2.05) is 60.7 Å². The number of benzene rings is 2. The topological polar surface area (TPSA) is 263 Å². The minimum absolute atomic E-state index is 0.00737. The SMILES string of the molecule is CC(C)(C)OC(=O)Nc1nc(/C(=N\OC2(C(=O)OC(c3ccccc3)c3ccccc3)CC2)C(=O)N[C@@H]2C(=O)N(S(=O)(=O)O)[C@@H]2Cn2nc3c(n2)CN(C(=O)OC(C)(C)C)C3)cs1. The number of β-lactam (4-membered cyclic amide) rings is 1. The fraction of sp³-hybridized carbons (Fsp3) is 0.425. The van der Waals surface area contributed by atoms with Gasteiger partial charge in [0.25, 0.3) is 11.8 Å². The average Bonchev–Trinajstić information content (AvgIpc) is 3.44. The van der Waals surface area contributed by atoms with Crippen molar-refractivity contribution in [2.24, 2.45) is 5.16 Å². The highest BCUT2D eigenvalue weighted by molar-refractivity contribution is 7.84. The van der Waals surface area contributed by atoms with Crippen molar-refractivity contribution >= 4 is 62.5 Å². The predicted octanol–water partition coefficient (Wildman–Crippen LogP) is 4.12. The zero-order chi connectivity index (χ0) is 45.5. The van der Waals surface area contributed by atoms with Crippen molar-refractivity contribution in [1.29, 1.82) is 0 Å². The number of fused-ring (bicyclic) bond motifs is 1. The molecule has 2 aromatic heterocycles. The smallest absolute Gasteiger partial charge is 0.413 e. The Morgan fingerprint density at radius 3 is 2.02 bits per heavy atom. The van der Waals surface area contributed by atoms with Gasteiger partial charge in [0, 0.05) is 18.2 Å². The van der Waals surface area contributed by atoms with Crippen molar-refractivity contribution < 1.29 is 56.0 Å². The molecular formula is C40H45N9O12S2. The van der Waals surface area contributed by atoms with E-state index in [0.29, 0.717) is 22.5 Å². The Bertz CT molecular complexity index is 2480. The molecule has 4 heterocycles. The molecular weight excluding hydrogens is 863 g/mol. The second kappa shape index (κ2) is 17.0. The Kier molecular flexibility index (Phi) is 12.0. The standard InChI is InChI=1S/C40H45N9O12S2/c1-38(2,3)59-36(53)43-35-41-27(22-62-35)29(46-61-40(17-18-40)34(52)58-31(23-13-9-7-10-14-23)24-15-11-8-12-16-24)32(50)42-30-28(49(33(30)51)63(55,56)57)21-48-44-25-19-47(20-26(25)45-48)37(54)60-39(4,5)6/h7-16,22,28,30-31H,17-21H2,1-6H3,(H,42,50)(H,41,43,53)(H,55,56,57)/b46-29+/t28-,30+/m1/s1. The van der Waals surface area contributed by atoms with Crippen LogP contribution >= 0.6 is 11.3 Å². The van der Waals surface area contributed by atoms with Crippen LogP contribution in [-0.4, -0.2) is 107 Å². The molecule has 4 amide bonds. The first kappa shape index (κ1) is 44.6. The molecule has 4 aromatic rings. The number of esters is 1. The maximum absolute atomic E-state index is 14.2. The van der Waals surface area contributed by atoms with E-state index in [1.165, 1.54) is 10.3 Å². The molecule has 0 radical (unpaired) electrons. The first-order valence-electron chi connectivity index (χ1n) is 19.6. The van der Waals surface area contributed by atoms with Crippen molar-refractivity contribution in [2.75, 3.05) is 5.32 Å². The molecule has 2 aromatic carbocycles. The van der Waals surface area contributed by atoms with E-state index in [9.17, 15) is 36.9 Å². The highest BCUT2D eigenvalue weighted by Crippen LogP contribution is 2.43. The van der Waals surface area contributed by atoms with Crippen LogP contribution in [0.2, 0.25) is 0 Å². The minimum Gasteiger partial charge on any atom is -0.450 e. The number of oxime groups is 1. The molecule has 1 saturated carbocycles. The van der Waals surface area contributed by atoms with E-state index in [0.717, 1.165) is 16.1 Å². The number of carbonyl (C=O) groups excluding carboxylic acids is 5. The van der Waals surface area contributed by atoms with Crippen LogP contribution in [-0.2, 0) is 63.4 Å². The molecule has 7 rings (SSSR count). The molecule has 1 aliphatic carbocycles. The Balaban J connectivity index is 1.13. The summed E-state index contributed by atoms with van der Waals surface area (Å²) in [7, 11) is -5.14. The second-order valence-electron chi connectivity index (χ2n) is 16.9. The number of anilines is 1. The third-order valence-corrected chi connectivity index (χ3v) is 11.3. The maximum Gasteiger partial charge on any atom is 0.413 e. The number of ether oxygens (including phenoxy) is 3. The summed E-state index contributed by atoms with van der Waals surface area (Å²) in [6.45, 7) is 9.85. The van der Waals surface area contributed by atoms with Crippen LogP contribution in [0.5, 0.6) is 0 Å². The van der Waals surface area contributed by atoms with Crippen molar-refractivity contribution in [3.8, 4) is 0 Å². The molecule has 3 aliphatic rings. The van der Waals surface area contributed by atoms with E-state index < -0.39 is 87.5 Å². The quantitative estimate of drug-likeness (QED) is 0.0426. The molecule has 63 heavy (non-hydrogen) atoms. The lowest BCUT2D eigenvalue weighted by atomic mass is 9.98. The van der Waals surface area contributed by atoms with Gasteiger partial charge in [-0.05, 0) is 52.7 Å². The van der Waals surface area contributed by atoms with E-state index in [1.54, 1.807) is 41.5 Å². The minimum atomic E-state index is -5.14. The monoisotopic (exact) mass is 907 g/mol. The largest absolute Gasteiger partial charge is 0.450 e. The van der Waals surface area contributed by atoms with E-state index in [2.05, 4.69) is 31.0 Å². The van der Waals surface area contributed by atoms with Crippen molar-refractivity contribution in [1.82, 2.24) is 34.5 Å². The first-order valence-corrected chi connectivity index (χ1v) is 21.9. The summed E-state index contributed by atoms with van der Waals surface area (Å²) >= 11 is 0.899. The van der Waals surface area contributed by atoms with Crippen LogP contribution in [0.15, 0.2) is 71.2 Å². The van der Waals surface area contributed by atoms with Crippen molar-refractivity contribution in [3.05, 3.63) is 94.3 Å². The van der Waals surface area contributed by atoms with E-state index in [-0.39, 0.29) is 41.1 Å². The second-order valence-corrected chi connectivity index (χ2v) is 19.1.